The van der Waals surface area contributed by atoms with E-state index in [2.05, 4.69) is 12.2 Å². The molecule has 0 bridgehead atoms. The molecule has 0 saturated heterocycles. The Morgan fingerprint density at radius 2 is 1.95 bits per heavy atom. The average Bonchev–Trinajstić information content (AvgIpc) is 2.39. The summed E-state index contributed by atoms with van der Waals surface area (Å²) < 4.78 is 0. The number of carbonyl (C=O) groups excluding carboxylic acids is 1. The molecular weight excluding hydrogens is 256 g/mol. The molecule has 0 radical (unpaired) electrons. The Morgan fingerprint density at radius 3 is 2.42 bits per heavy atom. The van der Waals surface area contributed by atoms with Crippen LogP contribution in [0.1, 0.15) is 59.3 Å². The van der Waals surface area contributed by atoms with E-state index in [4.69, 9.17) is 18.0 Å². The SMILES string of the molecule is CCC(C)(C(=O)NCCC1CCC(C)CC1)C(N)=S. The van der Waals surface area contributed by atoms with Crippen LogP contribution in [-0.2, 0) is 4.79 Å². The van der Waals surface area contributed by atoms with E-state index in [1.807, 2.05) is 13.8 Å². The largest absolute Gasteiger partial charge is 0.392 e. The molecule has 4 heteroatoms. The molecular formula is C15H28N2OS. The Bertz CT molecular complexity index is 324. The molecule has 1 amide bonds. The van der Waals surface area contributed by atoms with Gasteiger partial charge < -0.3 is 11.1 Å². The van der Waals surface area contributed by atoms with E-state index in [-0.39, 0.29) is 5.91 Å². The highest BCUT2D eigenvalue weighted by molar-refractivity contribution is 7.80. The van der Waals surface area contributed by atoms with Crippen LogP contribution in [0.5, 0.6) is 0 Å². The maximum absolute atomic E-state index is 12.2. The second-order valence-electron chi connectivity index (χ2n) is 6.22. The normalized spacial score (nSPS) is 26.5. The molecule has 0 aromatic carbocycles. The van der Waals surface area contributed by atoms with E-state index in [1.54, 1.807) is 0 Å². The number of amides is 1. The Labute approximate surface area is 122 Å². The minimum Gasteiger partial charge on any atom is -0.392 e. The molecule has 0 heterocycles. The Morgan fingerprint density at radius 1 is 1.37 bits per heavy atom. The van der Waals surface area contributed by atoms with Gasteiger partial charge in [-0.2, -0.15) is 0 Å². The molecule has 19 heavy (non-hydrogen) atoms. The molecule has 1 saturated carbocycles. The molecule has 1 aliphatic carbocycles. The van der Waals surface area contributed by atoms with Crippen molar-refractivity contribution in [1.29, 1.82) is 0 Å². The Kier molecular flexibility index (Phi) is 6.24. The fraction of sp³-hybridized carbons (Fsp3) is 0.867. The van der Waals surface area contributed by atoms with Gasteiger partial charge in [0.25, 0.3) is 0 Å². The number of carbonyl (C=O) groups is 1. The monoisotopic (exact) mass is 284 g/mol. The summed E-state index contributed by atoms with van der Waals surface area (Å²) in [6, 6.07) is 0. The average molecular weight is 284 g/mol. The van der Waals surface area contributed by atoms with Gasteiger partial charge >= 0.3 is 0 Å². The van der Waals surface area contributed by atoms with Gasteiger partial charge in [-0.25, -0.2) is 0 Å². The van der Waals surface area contributed by atoms with Gasteiger partial charge in [-0.15, -0.1) is 0 Å². The van der Waals surface area contributed by atoms with Crippen molar-refractivity contribution in [2.24, 2.45) is 23.0 Å². The first kappa shape index (κ1) is 16.4. The number of rotatable bonds is 6. The maximum atomic E-state index is 12.2. The molecule has 0 aliphatic heterocycles. The summed E-state index contributed by atoms with van der Waals surface area (Å²) in [7, 11) is 0. The van der Waals surface area contributed by atoms with Gasteiger partial charge in [0.2, 0.25) is 5.91 Å². The maximum Gasteiger partial charge on any atom is 0.232 e. The summed E-state index contributed by atoms with van der Waals surface area (Å²) in [4.78, 5) is 12.4. The fourth-order valence-electron chi connectivity index (χ4n) is 2.65. The molecule has 110 valence electrons. The Balaban J connectivity index is 2.32. The van der Waals surface area contributed by atoms with E-state index in [1.165, 1.54) is 25.7 Å². The van der Waals surface area contributed by atoms with Crippen LogP contribution in [0.4, 0.5) is 0 Å². The van der Waals surface area contributed by atoms with Crippen molar-refractivity contribution in [2.75, 3.05) is 6.54 Å². The molecule has 0 spiro atoms. The summed E-state index contributed by atoms with van der Waals surface area (Å²) >= 11 is 5.01. The quantitative estimate of drug-likeness (QED) is 0.737. The minimum atomic E-state index is -0.698. The molecule has 0 aromatic heterocycles. The molecule has 0 aromatic rings. The van der Waals surface area contributed by atoms with Crippen molar-refractivity contribution >= 4 is 23.1 Å². The summed E-state index contributed by atoms with van der Waals surface area (Å²) in [5.41, 5.74) is 4.98. The van der Waals surface area contributed by atoms with E-state index in [9.17, 15) is 4.79 Å². The molecule has 1 atom stereocenters. The lowest BCUT2D eigenvalue weighted by Gasteiger charge is -2.28. The van der Waals surface area contributed by atoms with Crippen molar-refractivity contribution in [2.45, 2.75) is 59.3 Å². The van der Waals surface area contributed by atoms with Gasteiger partial charge in [0.15, 0.2) is 0 Å². The van der Waals surface area contributed by atoms with Crippen LogP contribution in [0.3, 0.4) is 0 Å². The van der Waals surface area contributed by atoms with Gasteiger partial charge in [0, 0.05) is 6.54 Å². The van der Waals surface area contributed by atoms with E-state index < -0.39 is 5.41 Å². The summed E-state index contributed by atoms with van der Waals surface area (Å²) in [6.07, 6.45) is 7.00. The summed E-state index contributed by atoms with van der Waals surface area (Å²) in [5.74, 6) is 1.63. The lowest BCUT2D eigenvalue weighted by Crippen LogP contribution is -2.47. The zero-order valence-corrected chi connectivity index (χ0v) is 13.3. The van der Waals surface area contributed by atoms with Crippen molar-refractivity contribution in [3.63, 3.8) is 0 Å². The van der Waals surface area contributed by atoms with Gasteiger partial charge in [-0.05, 0) is 31.6 Å². The molecule has 3 N–H and O–H groups in total. The number of nitrogens with one attached hydrogen (secondary N) is 1. The third-order valence-electron chi connectivity index (χ3n) is 4.73. The summed E-state index contributed by atoms with van der Waals surface area (Å²) in [6.45, 7) is 6.84. The number of hydrogen-bond donors (Lipinski definition) is 2. The predicted molar refractivity (Wildman–Crippen MR) is 83.9 cm³/mol. The van der Waals surface area contributed by atoms with Crippen molar-refractivity contribution in [1.82, 2.24) is 5.32 Å². The summed E-state index contributed by atoms with van der Waals surface area (Å²) in [5, 5.41) is 3.01. The third-order valence-corrected chi connectivity index (χ3v) is 5.18. The van der Waals surface area contributed by atoms with Gasteiger partial charge in [-0.1, -0.05) is 51.7 Å². The first-order valence-electron chi connectivity index (χ1n) is 7.48. The van der Waals surface area contributed by atoms with Crippen LogP contribution in [0.25, 0.3) is 0 Å². The molecule has 1 fully saturated rings. The van der Waals surface area contributed by atoms with Crippen LogP contribution in [-0.4, -0.2) is 17.4 Å². The lowest BCUT2D eigenvalue weighted by molar-refractivity contribution is -0.127. The first-order valence-corrected chi connectivity index (χ1v) is 7.89. The molecule has 3 nitrogen and oxygen atoms in total. The van der Waals surface area contributed by atoms with E-state index >= 15 is 0 Å². The van der Waals surface area contributed by atoms with Crippen molar-refractivity contribution in [3.8, 4) is 0 Å². The Hall–Kier alpha value is -0.640. The van der Waals surface area contributed by atoms with Gasteiger partial charge in [0.05, 0.1) is 10.4 Å². The fourth-order valence-corrected chi connectivity index (χ4v) is 2.89. The van der Waals surface area contributed by atoms with Crippen molar-refractivity contribution in [3.05, 3.63) is 0 Å². The van der Waals surface area contributed by atoms with E-state index in [0.717, 1.165) is 24.8 Å². The lowest BCUT2D eigenvalue weighted by atomic mass is 9.81. The van der Waals surface area contributed by atoms with Gasteiger partial charge in [-0.3, -0.25) is 4.79 Å². The zero-order chi connectivity index (χ0) is 14.5. The first-order chi connectivity index (χ1) is 8.90. The number of hydrogen-bond acceptors (Lipinski definition) is 2. The van der Waals surface area contributed by atoms with Crippen LogP contribution in [0.15, 0.2) is 0 Å². The molecule has 1 unspecified atom stereocenters. The third kappa shape index (κ3) is 4.44. The highest BCUT2D eigenvalue weighted by atomic mass is 32.1. The van der Waals surface area contributed by atoms with Crippen LogP contribution < -0.4 is 11.1 Å². The van der Waals surface area contributed by atoms with Crippen LogP contribution in [0.2, 0.25) is 0 Å². The van der Waals surface area contributed by atoms with Crippen molar-refractivity contribution < 1.29 is 4.79 Å². The zero-order valence-electron chi connectivity index (χ0n) is 12.5. The molecule has 1 rings (SSSR count). The van der Waals surface area contributed by atoms with Crippen LogP contribution >= 0.6 is 12.2 Å². The topological polar surface area (TPSA) is 55.1 Å². The minimum absolute atomic E-state index is 0.0216. The standard InChI is InChI=1S/C15H28N2OS/c1-4-15(3,13(16)19)14(18)17-10-9-12-7-5-11(2)6-8-12/h11-12H,4-10H2,1-3H3,(H2,16,19)(H,17,18). The van der Waals surface area contributed by atoms with Crippen LogP contribution in [0, 0.1) is 17.3 Å². The van der Waals surface area contributed by atoms with E-state index in [0.29, 0.717) is 11.4 Å². The number of nitrogens with two attached hydrogens (primary N) is 1. The highest BCUT2D eigenvalue weighted by Gasteiger charge is 2.34. The molecule has 1 aliphatic rings. The van der Waals surface area contributed by atoms with Gasteiger partial charge in [0.1, 0.15) is 0 Å². The smallest absolute Gasteiger partial charge is 0.232 e. The second-order valence-corrected chi connectivity index (χ2v) is 6.66. The second kappa shape index (κ2) is 7.22. The highest BCUT2D eigenvalue weighted by Crippen LogP contribution is 2.30. The number of thiocarbonyl (C=S) groups is 1. The predicted octanol–water partition coefficient (Wildman–Crippen LogP) is 3.02.